The molecule has 0 radical (unpaired) electrons. The van der Waals surface area contributed by atoms with Gasteiger partial charge in [0.25, 0.3) is 0 Å². The van der Waals surface area contributed by atoms with E-state index in [4.69, 9.17) is 6.57 Å². The molecular formula is C68H40N6. The van der Waals surface area contributed by atoms with Gasteiger partial charge in [-0.1, -0.05) is 146 Å². The largest absolute Gasteiger partial charge is 0.319 e. The second-order valence-corrected chi connectivity index (χ2v) is 19.1. The van der Waals surface area contributed by atoms with Crippen LogP contribution in [-0.4, -0.2) is 18.3 Å². The maximum absolute atomic E-state index is 11.5. The Kier molecular flexibility index (Phi) is 8.99. The summed E-state index contributed by atoms with van der Waals surface area (Å²) in [7, 11) is 0. The fraction of sp³-hybridized carbons (Fsp3) is 0. The average Bonchev–Trinajstić information content (AvgIpc) is 4.18. The van der Waals surface area contributed by atoms with Gasteiger partial charge in [-0.25, -0.2) is 4.85 Å². The summed E-state index contributed by atoms with van der Waals surface area (Å²) in [6, 6.07) is 88.2. The SMILES string of the molecule is [C-]#[N+]c1cc(-n2c3ccc(-c4ccccc4)cc3c3cc4c(cc32)c2ccccc2n4-c2ccccc2)c(C#N)cc1-n1c2ccc(-c3ccccc3)cc2c2cc3c(cc21)c1ccccc1n3-c1ccccc1. The van der Waals surface area contributed by atoms with Crippen LogP contribution in [0.4, 0.5) is 5.69 Å². The number of hydrogen-bond acceptors (Lipinski definition) is 1. The van der Waals surface area contributed by atoms with Crippen molar-refractivity contribution in [3.63, 3.8) is 0 Å². The molecule has 0 saturated carbocycles. The molecule has 4 aromatic heterocycles. The molecule has 6 heteroatoms. The lowest BCUT2D eigenvalue weighted by Gasteiger charge is -2.16. The normalized spacial score (nSPS) is 11.8. The first kappa shape index (κ1) is 41.4. The van der Waals surface area contributed by atoms with Crippen LogP contribution < -0.4 is 0 Å². The quantitative estimate of drug-likeness (QED) is 0.153. The number of aromatic nitrogens is 4. The van der Waals surface area contributed by atoms with Gasteiger partial charge in [0.1, 0.15) is 6.07 Å². The van der Waals surface area contributed by atoms with Crippen molar-refractivity contribution in [2.45, 2.75) is 0 Å². The average molecular weight is 941 g/mol. The number of hydrogen-bond donors (Lipinski definition) is 0. The van der Waals surface area contributed by atoms with Crippen LogP contribution in [0.2, 0.25) is 0 Å². The van der Waals surface area contributed by atoms with Gasteiger partial charge in [-0.2, -0.15) is 5.26 Å². The van der Waals surface area contributed by atoms with Crippen LogP contribution in [0.15, 0.2) is 243 Å². The molecule has 0 spiro atoms. The van der Waals surface area contributed by atoms with E-state index < -0.39 is 0 Å². The van der Waals surface area contributed by atoms with Crippen LogP contribution in [0.1, 0.15) is 5.56 Å². The van der Waals surface area contributed by atoms with Crippen molar-refractivity contribution in [2.75, 3.05) is 0 Å². The van der Waals surface area contributed by atoms with Crippen molar-refractivity contribution in [2.24, 2.45) is 0 Å². The third-order valence-electron chi connectivity index (χ3n) is 15.2. The number of para-hydroxylation sites is 4. The zero-order valence-electron chi connectivity index (χ0n) is 39.8. The zero-order chi connectivity index (χ0) is 49.0. The number of benzene rings is 11. The van der Waals surface area contributed by atoms with E-state index in [1.807, 2.05) is 24.3 Å². The summed E-state index contributed by atoms with van der Waals surface area (Å²) in [6.07, 6.45) is 0. The van der Waals surface area contributed by atoms with E-state index in [9.17, 15) is 5.26 Å². The minimum atomic E-state index is 0.439. The van der Waals surface area contributed by atoms with Crippen LogP contribution in [0.25, 0.3) is 137 Å². The molecule has 15 rings (SSSR count). The van der Waals surface area contributed by atoms with E-state index in [0.29, 0.717) is 22.6 Å². The highest BCUT2D eigenvalue weighted by Crippen LogP contribution is 2.46. The predicted molar refractivity (Wildman–Crippen MR) is 306 cm³/mol. The molecule has 0 N–H and O–H groups in total. The highest BCUT2D eigenvalue weighted by molar-refractivity contribution is 6.21. The molecule has 0 atom stereocenters. The van der Waals surface area contributed by atoms with E-state index in [1.165, 1.54) is 0 Å². The molecule has 0 saturated heterocycles. The van der Waals surface area contributed by atoms with Crippen molar-refractivity contribution in [3.8, 4) is 51.1 Å². The van der Waals surface area contributed by atoms with Gasteiger partial charge in [-0.15, -0.1) is 0 Å². The summed E-state index contributed by atoms with van der Waals surface area (Å²) >= 11 is 0. The molecule has 6 nitrogen and oxygen atoms in total. The van der Waals surface area contributed by atoms with E-state index in [1.54, 1.807) is 0 Å². The Morgan fingerprint density at radius 3 is 1.11 bits per heavy atom. The van der Waals surface area contributed by atoms with E-state index in [0.717, 1.165) is 121 Å². The topological polar surface area (TPSA) is 47.9 Å². The number of fused-ring (bicyclic) bond motifs is 12. The highest BCUT2D eigenvalue weighted by atomic mass is 15.0. The first-order chi connectivity index (χ1) is 36.6. The summed E-state index contributed by atoms with van der Waals surface area (Å²) in [4.78, 5) is 4.35. The fourth-order valence-electron chi connectivity index (χ4n) is 11.9. The minimum Gasteiger partial charge on any atom is -0.319 e. The van der Waals surface area contributed by atoms with Gasteiger partial charge in [0.15, 0.2) is 0 Å². The first-order valence-electron chi connectivity index (χ1n) is 24.8. The molecular weight excluding hydrogens is 901 g/mol. The molecule has 0 aliphatic carbocycles. The Morgan fingerprint density at radius 2 is 0.662 bits per heavy atom. The van der Waals surface area contributed by atoms with Gasteiger partial charge in [-0.05, 0) is 119 Å². The minimum absolute atomic E-state index is 0.439. The Balaban J connectivity index is 1.03. The summed E-state index contributed by atoms with van der Waals surface area (Å²) in [5.41, 5.74) is 17.0. The molecule has 4 heterocycles. The van der Waals surface area contributed by atoms with Gasteiger partial charge in [0.05, 0.1) is 67.6 Å². The summed E-state index contributed by atoms with van der Waals surface area (Å²) in [6.45, 7) is 8.98. The maximum Gasteiger partial charge on any atom is 0.212 e. The third-order valence-corrected chi connectivity index (χ3v) is 15.2. The van der Waals surface area contributed by atoms with Gasteiger partial charge in [0, 0.05) is 54.5 Å². The molecule has 0 amide bonds. The Labute approximate surface area is 425 Å². The van der Waals surface area contributed by atoms with Crippen molar-refractivity contribution in [3.05, 3.63) is 260 Å². The molecule has 0 bridgehead atoms. The molecule has 342 valence electrons. The van der Waals surface area contributed by atoms with Crippen LogP contribution in [0, 0.1) is 17.9 Å². The van der Waals surface area contributed by atoms with Gasteiger partial charge < -0.3 is 18.3 Å². The maximum atomic E-state index is 11.5. The lowest BCUT2D eigenvalue weighted by Crippen LogP contribution is -2.02. The van der Waals surface area contributed by atoms with Crippen molar-refractivity contribution >= 4 is 92.9 Å². The fourth-order valence-corrected chi connectivity index (χ4v) is 11.9. The molecule has 15 aromatic rings. The predicted octanol–water partition coefficient (Wildman–Crippen LogP) is 17.8. The standard InChI is InChI=1S/C68H40N6/c1-70-58-41-63(73-61-32-30-45(43-18-6-2-7-19-43)34-52(61)56-39-64-54(37-66(56)73)50-26-14-16-28-59(50)71(64)48-22-10-4-11-23-48)47(42-69)36-68(58)74-62-33-31-46(44-20-8-3-9-21-44)35-53(62)57-40-65-55(38-67(57)74)51-27-15-17-29-60(51)72(65)49-24-12-5-13-25-49/h2-41H. The number of nitriles is 1. The summed E-state index contributed by atoms with van der Waals surface area (Å²) in [5.74, 6) is 0. The second kappa shape index (κ2) is 16.1. The van der Waals surface area contributed by atoms with Crippen LogP contribution in [-0.2, 0) is 0 Å². The molecule has 11 aromatic carbocycles. The lowest BCUT2D eigenvalue weighted by atomic mass is 10.0. The number of rotatable bonds is 6. The Morgan fingerprint density at radius 1 is 0.297 bits per heavy atom. The van der Waals surface area contributed by atoms with Crippen molar-refractivity contribution in [1.29, 1.82) is 5.26 Å². The third kappa shape index (κ3) is 6.04. The van der Waals surface area contributed by atoms with E-state index in [-0.39, 0.29) is 0 Å². The van der Waals surface area contributed by atoms with Gasteiger partial charge >= 0.3 is 0 Å². The summed E-state index contributed by atoms with van der Waals surface area (Å²) in [5, 5.41) is 20.2. The molecule has 0 fully saturated rings. The Hall–Kier alpha value is -10.4. The molecule has 0 aliphatic rings. The smallest absolute Gasteiger partial charge is 0.212 e. The summed E-state index contributed by atoms with van der Waals surface area (Å²) < 4.78 is 9.13. The first-order valence-corrected chi connectivity index (χ1v) is 24.8. The number of nitrogens with zero attached hydrogens (tertiary/aromatic N) is 6. The van der Waals surface area contributed by atoms with Crippen molar-refractivity contribution in [1.82, 2.24) is 18.3 Å². The lowest BCUT2D eigenvalue weighted by molar-refractivity contribution is 1.14. The van der Waals surface area contributed by atoms with Gasteiger partial charge in [0.2, 0.25) is 5.69 Å². The zero-order valence-corrected chi connectivity index (χ0v) is 39.8. The molecule has 0 unspecified atom stereocenters. The molecule has 74 heavy (non-hydrogen) atoms. The van der Waals surface area contributed by atoms with E-state index in [2.05, 4.69) is 248 Å². The van der Waals surface area contributed by atoms with Crippen LogP contribution in [0.3, 0.4) is 0 Å². The second-order valence-electron chi connectivity index (χ2n) is 19.1. The van der Waals surface area contributed by atoms with Crippen LogP contribution in [0.5, 0.6) is 0 Å². The van der Waals surface area contributed by atoms with E-state index >= 15 is 0 Å². The Bertz CT molecular complexity index is 4570. The highest BCUT2D eigenvalue weighted by Gasteiger charge is 2.25. The van der Waals surface area contributed by atoms with Crippen LogP contribution >= 0.6 is 0 Å². The van der Waals surface area contributed by atoms with Crippen molar-refractivity contribution < 1.29 is 0 Å². The van der Waals surface area contributed by atoms with Gasteiger partial charge in [-0.3, -0.25) is 0 Å². The monoisotopic (exact) mass is 940 g/mol. The molecule has 0 aliphatic heterocycles.